The molecule has 0 saturated heterocycles. The van der Waals surface area contributed by atoms with Gasteiger partial charge in [0.1, 0.15) is 17.0 Å². The number of ether oxygens (including phenoxy) is 1. The van der Waals surface area contributed by atoms with E-state index < -0.39 is 0 Å². The number of methoxy groups -OCH3 is 1. The average Bonchev–Trinajstić information content (AvgIpc) is 2.92. The fraction of sp³-hybridized carbons (Fsp3) is 0.214. The number of aromatic nitrogens is 3. The number of nitrogens with two attached hydrogens (primary N) is 1. The van der Waals surface area contributed by atoms with E-state index in [1.54, 1.807) is 20.1 Å². The lowest BCUT2D eigenvalue weighted by molar-refractivity contribution is 0.0983. The molecule has 0 amide bonds. The van der Waals surface area contributed by atoms with E-state index in [0.29, 0.717) is 23.4 Å². The molecule has 0 fully saturated rings. The molecule has 0 spiro atoms. The van der Waals surface area contributed by atoms with Crippen LogP contribution in [0.1, 0.15) is 23.8 Å². The smallest absolute Gasteiger partial charge is 0.222 e. The summed E-state index contributed by atoms with van der Waals surface area (Å²) in [6.07, 6.45) is 0.401. The number of fused-ring (bicyclic) bond motifs is 3. The summed E-state index contributed by atoms with van der Waals surface area (Å²) in [6, 6.07) is 7.33. The second-order valence-electron chi connectivity index (χ2n) is 4.43. The molecule has 3 rings (SSSR count). The van der Waals surface area contributed by atoms with Crippen LogP contribution in [0.3, 0.4) is 0 Å². The van der Waals surface area contributed by atoms with Crippen LogP contribution in [0.2, 0.25) is 0 Å². The molecule has 2 N–H and O–H groups in total. The maximum atomic E-state index is 11.8. The average molecular weight is 270 g/mol. The van der Waals surface area contributed by atoms with Crippen molar-refractivity contribution in [2.75, 3.05) is 12.8 Å². The molecule has 102 valence electrons. The van der Waals surface area contributed by atoms with Gasteiger partial charge in [0.2, 0.25) is 5.95 Å². The highest BCUT2D eigenvalue weighted by Crippen LogP contribution is 2.28. The summed E-state index contributed by atoms with van der Waals surface area (Å²) >= 11 is 0. The number of rotatable bonds is 3. The van der Waals surface area contributed by atoms with Crippen molar-refractivity contribution in [3.63, 3.8) is 0 Å². The Morgan fingerprint density at radius 3 is 2.95 bits per heavy atom. The fourth-order valence-electron chi connectivity index (χ4n) is 2.24. The van der Waals surface area contributed by atoms with E-state index in [9.17, 15) is 4.79 Å². The van der Waals surface area contributed by atoms with Crippen molar-refractivity contribution in [1.29, 1.82) is 0 Å². The first-order valence-electron chi connectivity index (χ1n) is 6.31. The summed E-state index contributed by atoms with van der Waals surface area (Å²) in [7, 11) is 1.58. The Bertz CT molecular complexity index is 823. The summed E-state index contributed by atoms with van der Waals surface area (Å²) in [5.41, 5.74) is 7.74. The summed E-state index contributed by atoms with van der Waals surface area (Å²) in [5.74, 6) is 0.845. The van der Waals surface area contributed by atoms with Crippen molar-refractivity contribution in [3.8, 4) is 5.75 Å². The lowest BCUT2D eigenvalue weighted by Crippen LogP contribution is -2.04. The van der Waals surface area contributed by atoms with Gasteiger partial charge in [0.25, 0.3) is 0 Å². The molecule has 6 heteroatoms. The maximum absolute atomic E-state index is 11.8. The molecule has 6 nitrogen and oxygen atoms in total. The van der Waals surface area contributed by atoms with Crippen molar-refractivity contribution >= 4 is 28.2 Å². The van der Waals surface area contributed by atoms with Gasteiger partial charge in [-0.3, -0.25) is 4.79 Å². The van der Waals surface area contributed by atoms with Crippen LogP contribution < -0.4 is 10.5 Å². The van der Waals surface area contributed by atoms with E-state index in [0.717, 1.165) is 10.9 Å². The predicted octanol–water partition coefficient (Wildman–Crippen LogP) is 2.07. The monoisotopic (exact) mass is 270 g/mol. The minimum atomic E-state index is -0.0239. The summed E-state index contributed by atoms with van der Waals surface area (Å²) < 4.78 is 6.78. The molecular weight excluding hydrogens is 256 g/mol. The van der Waals surface area contributed by atoms with Crippen LogP contribution >= 0.6 is 0 Å². The molecule has 0 unspecified atom stereocenters. The lowest BCUT2D eigenvalue weighted by atomic mass is 10.1. The molecular formula is C14H14N4O2. The largest absolute Gasteiger partial charge is 0.494 e. The zero-order valence-electron chi connectivity index (χ0n) is 11.3. The molecule has 0 saturated carbocycles. The number of ketones is 1. The van der Waals surface area contributed by atoms with Crippen LogP contribution in [0.4, 0.5) is 5.95 Å². The van der Waals surface area contributed by atoms with E-state index in [-0.39, 0.29) is 11.7 Å². The fourth-order valence-corrected chi connectivity index (χ4v) is 2.24. The van der Waals surface area contributed by atoms with E-state index in [4.69, 9.17) is 10.5 Å². The van der Waals surface area contributed by atoms with E-state index >= 15 is 0 Å². The molecule has 0 atom stereocenters. The molecule has 20 heavy (non-hydrogen) atoms. The number of nitrogen functional groups attached to an aromatic ring is 1. The molecule has 0 bridgehead atoms. The lowest BCUT2D eigenvalue weighted by Gasteiger charge is -2.07. The molecule has 3 aromatic rings. The molecule has 0 radical (unpaired) electrons. The van der Waals surface area contributed by atoms with E-state index in [1.807, 2.05) is 18.2 Å². The number of benzene rings is 1. The van der Waals surface area contributed by atoms with Crippen LogP contribution in [0.25, 0.3) is 16.4 Å². The number of carbonyl (C=O) groups is 1. The Morgan fingerprint density at radius 1 is 1.45 bits per heavy atom. The van der Waals surface area contributed by atoms with Gasteiger partial charge in [0, 0.05) is 11.8 Å². The van der Waals surface area contributed by atoms with Crippen molar-refractivity contribution in [3.05, 3.63) is 30.0 Å². The van der Waals surface area contributed by atoms with Gasteiger partial charge in [0.15, 0.2) is 5.78 Å². The Hall–Kier alpha value is -2.63. The highest BCUT2D eigenvalue weighted by Gasteiger charge is 2.15. The van der Waals surface area contributed by atoms with E-state index in [2.05, 4.69) is 10.1 Å². The van der Waals surface area contributed by atoms with Gasteiger partial charge < -0.3 is 10.5 Å². The summed E-state index contributed by atoms with van der Waals surface area (Å²) in [5, 5.41) is 5.08. The first kappa shape index (κ1) is 12.4. The first-order chi connectivity index (χ1) is 9.65. The van der Waals surface area contributed by atoms with Gasteiger partial charge in [-0.15, -0.1) is 0 Å². The third-order valence-electron chi connectivity index (χ3n) is 3.25. The van der Waals surface area contributed by atoms with Crippen molar-refractivity contribution in [2.45, 2.75) is 13.3 Å². The SMILES string of the molecule is CCC(=O)c1cc2c3cccc(OC)c3nc(N)n2n1. The third-order valence-corrected chi connectivity index (χ3v) is 3.25. The topological polar surface area (TPSA) is 82.5 Å². The van der Waals surface area contributed by atoms with Crippen molar-refractivity contribution in [2.24, 2.45) is 0 Å². The molecule has 0 aliphatic rings. The normalized spacial score (nSPS) is 11.1. The summed E-state index contributed by atoms with van der Waals surface area (Å²) in [4.78, 5) is 16.1. The Labute approximate surface area is 115 Å². The van der Waals surface area contributed by atoms with Gasteiger partial charge in [-0.25, -0.2) is 4.98 Å². The molecule has 0 aliphatic carbocycles. The van der Waals surface area contributed by atoms with Crippen LogP contribution in [-0.2, 0) is 0 Å². The Kier molecular flexibility index (Phi) is 2.78. The first-order valence-corrected chi connectivity index (χ1v) is 6.31. The second kappa shape index (κ2) is 4.48. The van der Waals surface area contributed by atoms with E-state index in [1.165, 1.54) is 4.52 Å². The number of nitrogens with zero attached hydrogens (tertiary/aromatic N) is 3. The van der Waals surface area contributed by atoms with Crippen LogP contribution in [0.15, 0.2) is 24.3 Å². The second-order valence-corrected chi connectivity index (χ2v) is 4.43. The minimum Gasteiger partial charge on any atom is -0.494 e. The highest BCUT2D eigenvalue weighted by atomic mass is 16.5. The minimum absolute atomic E-state index is 0.0239. The number of hydrogen-bond acceptors (Lipinski definition) is 5. The van der Waals surface area contributed by atoms with Crippen LogP contribution in [0.5, 0.6) is 5.75 Å². The van der Waals surface area contributed by atoms with Crippen LogP contribution in [0, 0.1) is 0 Å². The summed E-state index contributed by atoms with van der Waals surface area (Å²) in [6.45, 7) is 1.80. The van der Waals surface area contributed by atoms with Crippen molar-refractivity contribution in [1.82, 2.24) is 14.6 Å². The number of carbonyl (C=O) groups excluding carboxylic acids is 1. The standard InChI is InChI=1S/C14H14N4O2/c1-3-11(19)9-7-10-8-5-4-6-12(20-2)13(8)16-14(15)18(10)17-9/h4-7H,3H2,1-2H3,(H2,15,16). The van der Waals surface area contributed by atoms with Crippen molar-refractivity contribution < 1.29 is 9.53 Å². The number of para-hydroxylation sites is 1. The van der Waals surface area contributed by atoms with Gasteiger partial charge in [-0.2, -0.15) is 9.61 Å². The number of anilines is 1. The van der Waals surface area contributed by atoms with Crippen LogP contribution in [-0.4, -0.2) is 27.5 Å². The van der Waals surface area contributed by atoms with Gasteiger partial charge in [-0.05, 0) is 12.1 Å². The Morgan fingerprint density at radius 2 is 2.25 bits per heavy atom. The third kappa shape index (κ3) is 1.69. The molecule has 2 heterocycles. The molecule has 1 aromatic carbocycles. The molecule has 0 aliphatic heterocycles. The zero-order valence-corrected chi connectivity index (χ0v) is 11.3. The van der Waals surface area contributed by atoms with Gasteiger partial charge in [0.05, 0.1) is 12.6 Å². The number of hydrogen-bond donors (Lipinski definition) is 1. The van der Waals surface area contributed by atoms with Gasteiger partial charge in [-0.1, -0.05) is 19.1 Å². The quantitative estimate of drug-likeness (QED) is 0.737. The zero-order chi connectivity index (χ0) is 14.3. The highest BCUT2D eigenvalue weighted by molar-refractivity contribution is 6.01. The molecule has 2 aromatic heterocycles. The van der Waals surface area contributed by atoms with Gasteiger partial charge >= 0.3 is 0 Å². The number of Topliss-reactive ketones (excluding diaryl/α,β-unsaturated/α-hetero) is 1. The predicted molar refractivity (Wildman–Crippen MR) is 76.1 cm³/mol. The maximum Gasteiger partial charge on any atom is 0.222 e. The Balaban J connectivity index is 2.41.